The molecule has 2 aromatic heterocycles. The second kappa shape index (κ2) is 6.90. The molecule has 0 aliphatic carbocycles. The minimum atomic E-state index is -0.302. The highest BCUT2D eigenvalue weighted by molar-refractivity contribution is 5.69. The first kappa shape index (κ1) is 16.9. The largest absolute Gasteiger partial charge is 0.381 e. The molecule has 8 heteroatoms. The van der Waals surface area contributed by atoms with Crippen molar-refractivity contribution in [1.82, 2.24) is 23.6 Å². The lowest BCUT2D eigenvalue weighted by Gasteiger charge is -2.31. The Kier molecular flexibility index (Phi) is 4.86. The van der Waals surface area contributed by atoms with E-state index in [4.69, 9.17) is 4.74 Å². The second-order valence-corrected chi connectivity index (χ2v) is 6.46. The van der Waals surface area contributed by atoms with Gasteiger partial charge in [-0.25, -0.2) is 9.78 Å². The molecule has 3 heterocycles. The summed E-state index contributed by atoms with van der Waals surface area (Å²) in [4.78, 5) is 31.5. The van der Waals surface area contributed by atoms with E-state index < -0.39 is 0 Å². The van der Waals surface area contributed by atoms with Gasteiger partial charge in [0.05, 0.1) is 12.4 Å². The van der Waals surface area contributed by atoms with Crippen LogP contribution in [0.1, 0.15) is 19.3 Å². The number of rotatable bonds is 5. The zero-order valence-corrected chi connectivity index (χ0v) is 14.6. The van der Waals surface area contributed by atoms with Gasteiger partial charge in [0.2, 0.25) is 0 Å². The van der Waals surface area contributed by atoms with E-state index in [0.29, 0.717) is 23.8 Å². The van der Waals surface area contributed by atoms with Crippen LogP contribution in [0.2, 0.25) is 0 Å². The van der Waals surface area contributed by atoms with E-state index in [0.717, 1.165) is 38.9 Å². The minimum absolute atomic E-state index is 0.258. The third kappa shape index (κ3) is 3.03. The highest BCUT2D eigenvalue weighted by atomic mass is 16.5. The second-order valence-electron chi connectivity index (χ2n) is 6.46. The van der Waals surface area contributed by atoms with Crippen molar-refractivity contribution in [3.8, 4) is 0 Å². The summed E-state index contributed by atoms with van der Waals surface area (Å²) in [7, 11) is 5.19. The van der Waals surface area contributed by atoms with Crippen LogP contribution >= 0.6 is 0 Å². The molecular weight excluding hydrogens is 310 g/mol. The molecule has 0 N–H and O–H groups in total. The van der Waals surface area contributed by atoms with E-state index in [9.17, 15) is 9.59 Å². The molecule has 24 heavy (non-hydrogen) atoms. The lowest BCUT2D eigenvalue weighted by atomic mass is 10.1. The molecule has 132 valence electrons. The van der Waals surface area contributed by atoms with Crippen molar-refractivity contribution in [3.63, 3.8) is 0 Å². The topological polar surface area (TPSA) is 74.3 Å². The van der Waals surface area contributed by atoms with Crippen LogP contribution in [0.25, 0.3) is 11.2 Å². The zero-order valence-electron chi connectivity index (χ0n) is 14.6. The van der Waals surface area contributed by atoms with E-state index >= 15 is 0 Å². The first-order valence-corrected chi connectivity index (χ1v) is 8.39. The van der Waals surface area contributed by atoms with E-state index in [1.165, 1.54) is 9.13 Å². The number of piperidine rings is 1. The maximum Gasteiger partial charge on any atom is 0.332 e. The summed E-state index contributed by atoms with van der Waals surface area (Å²) in [6, 6.07) is 0. The molecule has 1 saturated heterocycles. The van der Waals surface area contributed by atoms with Crippen LogP contribution in [0, 0.1) is 0 Å². The number of methoxy groups -OCH3 is 1. The quantitative estimate of drug-likeness (QED) is 0.765. The Bertz CT molecular complexity index is 827. The molecule has 3 rings (SSSR count). The molecule has 0 radical (unpaired) electrons. The van der Waals surface area contributed by atoms with Gasteiger partial charge in [0.15, 0.2) is 11.2 Å². The van der Waals surface area contributed by atoms with Crippen LogP contribution in [-0.2, 0) is 25.4 Å². The zero-order chi connectivity index (χ0) is 17.3. The highest BCUT2D eigenvalue weighted by Gasteiger charge is 2.19. The number of likely N-dealkylation sites (tertiary alicyclic amines) is 1. The molecule has 0 amide bonds. The molecule has 8 nitrogen and oxygen atoms in total. The van der Waals surface area contributed by atoms with Gasteiger partial charge in [-0.1, -0.05) is 0 Å². The van der Waals surface area contributed by atoms with Gasteiger partial charge in [0.25, 0.3) is 5.56 Å². The smallest absolute Gasteiger partial charge is 0.332 e. The monoisotopic (exact) mass is 335 g/mol. The summed E-state index contributed by atoms with van der Waals surface area (Å²) in [5.41, 5.74) is 0.346. The van der Waals surface area contributed by atoms with Crippen LogP contribution in [0.15, 0.2) is 15.9 Å². The maximum absolute atomic E-state index is 12.6. The van der Waals surface area contributed by atoms with E-state index in [1.54, 1.807) is 32.1 Å². The molecule has 0 saturated carbocycles. The standard InChI is InChI=1S/C16H25N5O3/c1-18-11-17-14-13(18)15(22)21(16(23)19(14)2)8-4-7-20-9-5-12(24-3)6-10-20/h11-12H,4-10H2,1-3H3. The fraction of sp³-hybridized carbons (Fsp3) is 0.688. The predicted octanol–water partition coefficient (Wildman–Crippen LogP) is -0.0654. The van der Waals surface area contributed by atoms with Crippen molar-refractivity contribution >= 4 is 11.2 Å². The number of imidazole rings is 1. The lowest BCUT2D eigenvalue weighted by molar-refractivity contribution is 0.0405. The summed E-state index contributed by atoms with van der Waals surface area (Å²) in [6.07, 6.45) is 4.79. The molecule has 2 aromatic rings. The van der Waals surface area contributed by atoms with Crippen LogP contribution in [0.5, 0.6) is 0 Å². The molecule has 0 atom stereocenters. The number of aryl methyl sites for hydroxylation is 2. The molecule has 1 fully saturated rings. The predicted molar refractivity (Wildman–Crippen MR) is 91.3 cm³/mol. The number of hydrogen-bond donors (Lipinski definition) is 0. The fourth-order valence-corrected chi connectivity index (χ4v) is 3.41. The summed E-state index contributed by atoms with van der Waals surface area (Å²) in [6.45, 7) is 3.32. The Hall–Kier alpha value is -1.93. The number of fused-ring (bicyclic) bond motifs is 1. The molecular formula is C16H25N5O3. The SMILES string of the molecule is COC1CCN(CCCn2c(=O)c3c(ncn3C)n(C)c2=O)CC1. The fourth-order valence-electron chi connectivity index (χ4n) is 3.41. The Morgan fingerprint density at radius 1 is 1.21 bits per heavy atom. The third-order valence-electron chi connectivity index (χ3n) is 4.93. The van der Waals surface area contributed by atoms with E-state index in [1.807, 2.05) is 0 Å². The number of nitrogens with zero attached hydrogens (tertiary/aromatic N) is 5. The normalized spacial score (nSPS) is 17.0. The Morgan fingerprint density at radius 3 is 2.58 bits per heavy atom. The van der Waals surface area contributed by atoms with Gasteiger partial charge >= 0.3 is 5.69 Å². The molecule has 1 aliphatic heterocycles. The van der Waals surface area contributed by atoms with E-state index in [2.05, 4.69) is 9.88 Å². The van der Waals surface area contributed by atoms with Gasteiger partial charge in [-0.05, 0) is 25.8 Å². The maximum atomic E-state index is 12.6. The lowest BCUT2D eigenvalue weighted by Crippen LogP contribution is -2.41. The van der Waals surface area contributed by atoms with Gasteiger partial charge in [-0.3, -0.25) is 13.9 Å². The van der Waals surface area contributed by atoms with Crippen LogP contribution < -0.4 is 11.2 Å². The Labute approximate surface area is 140 Å². The van der Waals surface area contributed by atoms with E-state index in [-0.39, 0.29) is 11.2 Å². The van der Waals surface area contributed by atoms with Crippen molar-refractivity contribution in [2.45, 2.75) is 31.9 Å². The molecule has 0 aromatic carbocycles. The van der Waals surface area contributed by atoms with Crippen LogP contribution in [-0.4, -0.2) is 56.4 Å². The van der Waals surface area contributed by atoms with Crippen molar-refractivity contribution in [1.29, 1.82) is 0 Å². The molecule has 0 unspecified atom stereocenters. The first-order valence-electron chi connectivity index (χ1n) is 8.39. The van der Waals surface area contributed by atoms with Crippen molar-refractivity contribution in [2.75, 3.05) is 26.7 Å². The number of ether oxygens (including phenoxy) is 1. The average molecular weight is 335 g/mol. The first-order chi connectivity index (χ1) is 11.5. The average Bonchev–Trinajstić information content (AvgIpc) is 2.98. The van der Waals surface area contributed by atoms with Gasteiger partial charge in [0.1, 0.15) is 0 Å². The summed E-state index contributed by atoms with van der Waals surface area (Å²) >= 11 is 0. The van der Waals surface area contributed by atoms with Gasteiger partial charge in [-0.2, -0.15) is 0 Å². The minimum Gasteiger partial charge on any atom is -0.381 e. The number of aromatic nitrogens is 4. The summed E-state index contributed by atoms with van der Waals surface area (Å²) in [5.74, 6) is 0. The third-order valence-corrected chi connectivity index (χ3v) is 4.93. The summed E-state index contributed by atoms with van der Waals surface area (Å²) in [5, 5.41) is 0. The van der Waals surface area contributed by atoms with Crippen molar-refractivity contribution < 1.29 is 4.74 Å². The van der Waals surface area contributed by atoms with Crippen molar-refractivity contribution in [3.05, 3.63) is 27.2 Å². The number of hydrogen-bond acceptors (Lipinski definition) is 5. The Balaban J connectivity index is 1.71. The molecule has 0 spiro atoms. The van der Waals surface area contributed by atoms with Gasteiger partial charge in [-0.15, -0.1) is 0 Å². The highest BCUT2D eigenvalue weighted by Crippen LogP contribution is 2.13. The summed E-state index contributed by atoms with van der Waals surface area (Å²) < 4.78 is 9.82. The molecule has 0 bridgehead atoms. The molecule has 1 aliphatic rings. The Morgan fingerprint density at radius 2 is 1.92 bits per heavy atom. The van der Waals surface area contributed by atoms with Crippen LogP contribution in [0.3, 0.4) is 0 Å². The van der Waals surface area contributed by atoms with Gasteiger partial charge < -0.3 is 14.2 Å². The van der Waals surface area contributed by atoms with Crippen LogP contribution in [0.4, 0.5) is 0 Å². The van der Waals surface area contributed by atoms with Crippen molar-refractivity contribution in [2.24, 2.45) is 14.1 Å². The van der Waals surface area contributed by atoms with Gasteiger partial charge in [0, 0.05) is 40.8 Å².